The first-order valence-electron chi connectivity index (χ1n) is 9.44. The topological polar surface area (TPSA) is 78.4 Å². The molecule has 172 valence electrons. The fourth-order valence-corrected chi connectivity index (χ4v) is 5.40. The van der Waals surface area contributed by atoms with Gasteiger partial charge in [0.05, 0.1) is 17.3 Å². The molecule has 0 spiro atoms. The van der Waals surface area contributed by atoms with Gasteiger partial charge in [-0.2, -0.15) is 13.2 Å². The molecule has 0 unspecified atom stereocenters. The van der Waals surface area contributed by atoms with E-state index in [0.29, 0.717) is 25.9 Å². The molecular formula is C18H23F4N5O2S2. The summed E-state index contributed by atoms with van der Waals surface area (Å²) in [5, 5.41) is 3.31. The molecule has 7 nitrogen and oxygen atoms in total. The monoisotopic (exact) mass is 481 g/mol. The van der Waals surface area contributed by atoms with Gasteiger partial charge in [0.1, 0.15) is 16.6 Å². The highest BCUT2D eigenvalue weighted by Crippen LogP contribution is 2.41. The van der Waals surface area contributed by atoms with Crippen molar-refractivity contribution in [1.82, 2.24) is 19.2 Å². The third kappa shape index (κ3) is 5.90. The van der Waals surface area contributed by atoms with Gasteiger partial charge < -0.3 is 10.2 Å². The lowest BCUT2D eigenvalue weighted by Crippen LogP contribution is -2.41. The Morgan fingerprint density at radius 1 is 1.29 bits per heavy atom. The van der Waals surface area contributed by atoms with Gasteiger partial charge in [-0.3, -0.25) is 0 Å². The maximum Gasteiger partial charge on any atom is 0.434 e. The smallest absolute Gasteiger partial charge is 0.367 e. The molecule has 0 saturated carbocycles. The van der Waals surface area contributed by atoms with Gasteiger partial charge in [-0.15, -0.1) is 11.3 Å². The molecule has 1 fully saturated rings. The molecule has 1 aliphatic rings. The van der Waals surface area contributed by atoms with E-state index in [1.807, 2.05) is 0 Å². The lowest BCUT2D eigenvalue weighted by molar-refractivity contribution is -0.140. The van der Waals surface area contributed by atoms with E-state index in [4.69, 9.17) is 0 Å². The maximum absolute atomic E-state index is 14.5. The van der Waals surface area contributed by atoms with Crippen LogP contribution in [0.4, 0.5) is 23.4 Å². The van der Waals surface area contributed by atoms with Gasteiger partial charge in [0, 0.05) is 31.2 Å². The number of sulfonamides is 1. The summed E-state index contributed by atoms with van der Waals surface area (Å²) in [6.07, 6.45) is -1.69. The highest BCUT2D eigenvalue weighted by Gasteiger charge is 2.38. The summed E-state index contributed by atoms with van der Waals surface area (Å²) in [5.74, 6) is -0.645. The number of anilines is 1. The molecule has 0 aromatic carbocycles. The number of pyridine rings is 1. The number of thiazole rings is 1. The van der Waals surface area contributed by atoms with Gasteiger partial charge in [0.2, 0.25) is 10.0 Å². The van der Waals surface area contributed by atoms with E-state index in [1.165, 1.54) is 10.4 Å². The molecule has 31 heavy (non-hydrogen) atoms. The van der Waals surface area contributed by atoms with E-state index in [-0.39, 0.29) is 33.9 Å². The molecule has 2 aromatic rings. The second kappa shape index (κ2) is 8.96. The van der Waals surface area contributed by atoms with Crippen LogP contribution in [-0.4, -0.2) is 67.1 Å². The van der Waals surface area contributed by atoms with Crippen LogP contribution < -0.4 is 5.32 Å². The van der Waals surface area contributed by atoms with Gasteiger partial charge in [-0.05, 0) is 33.0 Å². The van der Waals surface area contributed by atoms with Gasteiger partial charge in [-0.25, -0.2) is 27.1 Å². The Morgan fingerprint density at radius 3 is 2.48 bits per heavy atom. The van der Waals surface area contributed by atoms with Crippen molar-refractivity contribution in [3.8, 4) is 10.4 Å². The number of halogens is 4. The van der Waals surface area contributed by atoms with E-state index in [1.54, 1.807) is 19.0 Å². The molecule has 3 heterocycles. The number of hydrogen-bond acceptors (Lipinski definition) is 7. The predicted molar refractivity (Wildman–Crippen MR) is 111 cm³/mol. The number of alkyl halides is 3. The van der Waals surface area contributed by atoms with Crippen molar-refractivity contribution in [3.63, 3.8) is 0 Å². The Kier molecular flexibility index (Phi) is 6.89. The Balaban J connectivity index is 1.86. The minimum atomic E-state index is -4.72. The van der Waals surface area contributed by atoms with Crippen LogP contribution in [-0.2, 0) is 22.7 Å². The number of nitrogens with one attached hydrogen (secondary N) is 1. The van der Waals surface area contributed by atoms with Gasteiger partial charge in [-0.1, -0.05) is 0 Å². The first kappa shape index (κ1) is 23.8. The van der Waals surface area contributed by atoms with E-state index >= 15 is 0 Å². The quantitative estimate of drug-likeness (QED) is 0.639. The normalized spacial score (nSPS) is 16.8. The predicted octanol–water partition coefficient (Wildman–Crippen LogP) is 3.26. The SMILES string of the molecule is CN(C)Cc1nc(C(F)(F)F)c(-c2cc(NC3CCN(S(C)(=O)=O)CC3)ncc2F)s1. The standard InChI is InChI=1S/C18H23F4N5O2S2/c1-26(2)10-15-25-17(18(20,21)22)16(30-15)12-8-14(23-9-13(12)19)24-11-4-6-27(7-5-11)31(3,28)29/h8-9,11H,4-7,10H2,1-3H3,(H,23,24). The van der Waals surface area contributed by atoms with Crippen LogP contribution in [0, 0.1) is 5.82 Å². The van der Waals surface area contributed by atoms with Gasteiger partial charge in [0.15, 0.2) is 5.69 Å². The molecule has 0 aliphatic carbocycles. The highest BCUT2D eigenvalue weighted by molar-refractivity contribution is 7.88. The van der Waals surface area contributed by atoms with E-state index in [0.717, 1.165) is 23.8 Å². The minimum Gasteiger partial charge on any atom is -0.367 e. The average molecular weight is 482 g/mol. The number of piperidine rings is 1. The highest BCUT2D eigenvalue weighted by atomic mass is 32.2. The molecule has 1 aliphatic heterocycles. The fraction of sp³-hybridized carbons (Fsp3) is 0.556. The van der Waals surface area contributed by atoms with Crippen molar-refractivity contribution in [2.24, 2.45) is 0 Å². The third-order valence-electron chi connectivity index (χ3n) is 4.77. The van der Waals surface area contributed by atoms with Crippen molar-refractivity contribution in [3.05, 3.63) is 28.8 Å². The van der Waals surface area contributed by atoms with Crippen molar-refractivity contribution < 1.29 is 26.0 Å². The zero-order valence-electron chi connectivity index (χ0n) is 17.2. The van der Waals surface area contributed by atoms with Crippen molar-refractivity contribution in [2.45, 2.75) is 31.6 Å². The minimum absolute atomic E-state index is 0.128. The number of nitrogens with zero attached hydrogens (tertiary/aromatic N) is 4. The molecule has 0 bridgehead atoms. The molecule has 3 rings (SSSR count). The zero-order valence-corrected chi connectivity index (χ0v) is 18.8. The van der Waals surface area contributed by atoms with Crippen LogP contribution in [0.15, 0.2) is 12.3 Å². The van der Waals surface area contributed by atoms with E-state index in [9.17, 15) is 26.0 Å². The largest absolute Gasteiger partial charge is 0.434 e. The molecule has 1 saturated heterocycles. The summed E-state index contributed by atoms with van der Waals surface area (Å²) in [6, 6.07) is 1.12. The summed E-state index contributed by atoms with van der Waals surface area (Å²) in [7, 11) is 0.143. The molecule has 1 N–H and O–H groups in total. The van der Waals surface area contributed by atoms with Gasteiger partial charge >= 0.3 is 6.18 Å². The second-order valence-electron chi connectivity index (χ2n) is 7.65. The lowest BCUT2D eigenvalue weighted by Gasteiger charge is -2.31. The summed E-state index contributed by atoms with van der Waals surface area (Å²) < 4.78 is 79.7. The second-order valence-corrected chi connectivity index (χ2v) is 10.7. The van der Waals surface area contributed by atoms with Gasteiger partial charge in [0.25, 0.3) is 0 Å². The van der Waals surface area contributed by atoms with E-state index < -0.39 is 27.7 Å². The van der Waals surface area contributed by atoms with Crippen LogP contribution in [0.2, 0.25) is 0 Å². The Labute approximate surface area is 182 Å². The lowest BCUT2D eigenvalue weighted by atomic mass is 10.1. The number of hydrogen-bond donors (Lipinski definition) is 1. The molecular weight excluding hydrogens is 458 g/mol. The van der Waals surface area contributed by atoms with E-state index in [2.05, 4.69) is 15.3 Å². The van der Waals surface area contributed by atoms with Crippen LogP contribution in [0.25, 0.3) is 10.4 Å². The fourth-order valence-electron chi connectivity index (χ4n) is 3.31. The van der Waals surface area contributed by atoms with Crippen molar-refractivity contribution in [2.75, 3.05) is 38.8 Å². The van der Waals surface area contributed by atoms with Crippen molar-refractivity contribution >= 4 is 27.2 Å². The first-order chi connectivity index (χ1) is 14.3. The van der Waals surface area contributed by atoms with Crippen molar-refractivity contribution in [1.29, 1.82) is 0 Å². The molecule has 0 amide bonds. The first-order valence-corrected chi connectivity index (χ1v) is 12.1. The maximum atomic E-state index is 14.5. The summed E-state index contributed by atoms with van der Waals surface area (Å²) >= 11 is 0.798. The average Bonchev–Trinajstić information content (AvgIpc) is 3.06. The molecule has 0 atom stereocenters. The summed E-state index contributed by atoms with van der Waals surface area (Å²) in [6.45, 7) is 0.849. The Hall–Kier alpha value is -1.83. The van der Waals surface area contributed by atoms with Crippen LogP contribution >= 0.6 is 11.3 Å². The zero-order chi connectivity index (χ0) is 23.0. The number of aromatic nitrogens is 2. The Morgan fingerprint density at radius 2 is 1.94 bits per heavy atom. The molecule has 13 heteroatoms. The van der Waals surface area contributed by atoms with Crippen LogP contribution in [0.3, 0.4) is 0 Å². The molecule has 0 radical (unpaired) electrons. The summed E-state index contributed by atoms with van der Waals surface area (Å²) in [5.41, 5.74) is -1.34. The van der Waals surface area contributed by atoms with Crippen LogP contribution in [0.1, 0.15) is 23.5 Å². The van der Waals surface area contributed by atoms with Crippen LogP contribution in [0.5, 0.6) is 0 Å². The molecule has 2 aromatic heterocycles. The Bertz CT molecular complexity index is 1030. The third-order valence-corrected chi connectivity index (χ3v) is 7.14. The summed E-state index contributed by atoms with van der Waals surface area (Å²) in [4.78, 5) is 9.04. The number of rotatable bonds is 6.